The van der Waals surface area contributed by atoms with Crippen molar-refractivity contribution in [3.63, 3.8) is 0 Å². The van der Waals surface area contributed by atoms with Gasteiger partial charge in [0, 0.05) is 31.7 Å². The number of rotatable bonds is 5. The highest BCUT2D eigenvalue weighted by atomic mass is 19.4. The lowest BCUT2D eigenvalue weighted by Gasteiger charge is -2.45. The highest BCUT2D eigenvalue weighted by Crippen LogP contribution is 2.48. The molecular formula is C23H24F4N4O3. The molecule has 0 bridgehead atoms. The summed E-state index contributed by atoms with van der Waals surface area (Å²) in [5.74, 6) is -0.395. The van der Waals surface area contributed by atoms with Crippen molar-refractivity contribution in [1.29, 1.82) is 0 Å². The molecule has 182 valence electrons. The average Bonchev–Trinajstić information content (AvgIpc) is 3.19. The largest absolute Gasteiger partial charge is 0.465 e. The number of fused-ring (bicyclic) bond motifs is 3. The topological polar surface area (TPSA) is 78.7 Å². The minimum atomic E-state index is -4.26. The molecule has 1 aromatic heterocycles. The number of imidazole rings is 1. The lowest BCUT2D eigenvalue weighted by Crippen LogP contribution is -2.65. The van der Waals surface area contributed by atoms with Gasteiger partial charge in [-0.2, -0.15) is 13.2 Å². The lowest BCUT2D eigenvalue weighted by molar-refractivity contribution is -0.136. The van der Waals surface area contributed by atoms with Crippen LogP contribution in [0, 0.1) is 5.82 Å². The van der Waals surface area contributed by atoms with Crippen LogP contribution < -0.4 is 4.90 Å². The average molecular weight is 480 g/mol. The van der Waals surface area contributed by atoms with E-state index in [0.29, 0.717) is 23.5 Å². The molecule has 11 heteroatoms. The molecule has 0 unspecified atom stereocenters. The van der Waals surface area contributed by atoms with Crippen molar-refractivity contribution in [3.8, 4) is 0 Å². The molecule has 1 spiro atoms. The summed E-state index contributed by atoms with van der Waals surface area (Å²) in [6.45, 7) is 0.0793. The van der Waals surface area contributed by atoms with E-state index in [0.717, 1.165) is 35.6 Å². The van der Waals surface area contributed by atoms with Gasteiger partial charge in [0.15, 0.2) is 0 Å². The molecule has 3 heterocycles. The van der Waals surface area contributed by atoms with Crippen LogP contribution in [0.25, 0.3) is 0 Å². The molecule has 7 nitrogen and oxygen atoms in total. The van der Waals surface area contributed by atoms with Crippen LogP contribution in [0.15, 0.2) is 18.2 Å². The van der Waals surface area contributed by atoms with E-state index >= 15 is 0 Å². The maximum absolute atomic E-state index is 14.2. The highest BCUT2D eigenvalue weighted by molar-refractivity contribution is 6.09. The van der Waals surface area contributed by atoms with Crippen molar-refractivity contribution in [2.45, 2.75) is 63.2 Å². The van der Waals surface area contributed by atoms with Gasteiger partial charge in [-0.1, -0.05) is 6.07 Å². The smallest absolute Gasteiger partial charge is 0.407 e. The molecule has 2 aromatic rings. The number of hydrogen-bond donors (Lipinski definition) is 1. The normalized spacial score (nSPS) is 18.8. The molecule has 2 amide bonds. The van der Waals surface area contributed by atoms with Crippen molar-refractivity contribution < 1.29 is 32.3 Å². The molecule has 1 fully saturated rings. The second kappa shape index (κ2) is 7.99. The van der Waals surface area contributed by atoms with E-state index in [2.05, 4.69) is 4.98 Å². The molecule has 1 aliphatic carbocycles. The van der Waals surface area contributed by atoms with Crippen molar-refractivity contribution in [1.82, 2.24) is 14.5 Å². The summed E-state index contributed by atoms with van der Waals surface area (Å²) < 4.78 is 54.2. The second-order valence-corrected chi connectivity index (χ2v) is 9.27. The number of carbonyl (C=O) groups excluding carboxylic acids is 1. The van der Waals surface area contributed by atoms with E-state index in [4.69, 9.17) is 0 Å². The molecule has 1 N–H and O–H groups in total. The summed E-state index contributed by atoms with van der Waals surface area (Å²) in [5.41, 5.74) is 1.60. The van der Waals surface area contributed by atoms with Gasteiger partial charge in [-0.05, 0) is 49.8 Å². The Hall–Kier alpha value is -3.11. The minimum Gasteiger partial charge on any atom is -0.465 e. The lowest BCUT2D eigenvalue weighted by atomic mass is 9.75. The van der Waals surface area contributed by atoms with Gasteiger partial charge >= 0.3 is 12.3 Å². The van der Waals surface area contributed by atoms with Gasteiger partial charge in [-0.3, -0.25) is 4.79 Å². The Morgan fingerprint density at radius 1 is 1.18 bits per heavy atom. The number of benzene rings is 1. The van der Waals surface area contributed by atoms with Crippen LogP contribution >= 0.6 is 0 Å². The minimum absolute atomic E-state index is 0.0108. The third-order valence-corrected chi connectivity index (χ3v) is 7.07. The zero-order valence-corrected chi connectivity index (χ0v) is 18.4. The molecule has 1 aromatic carbocycles. The number of hydrogen-bond acceptors (Lipinski definition) is 3. The van der Waals surface area contributed by atoms with Gasteiger partial charge in [0.05, 0.1) is 17.9 Å². The van der Waals surface area contributed by atoms with E-state index in [1.807, 2.05) is 0 Å². The van der Waals surface area contributed by atoms with Crippen LogP contribution in [0.3, 0.4) is 0 Å². The fourth-order valence-corrected chi connectivity index (χ4v) is 5.44. The molecule has 3 aliphatic rings. The van der Waals surface area contributed by atoms with Crippen LogP contribution in [0.4, 0.5) is 28.0 Å². The second-order valence-electron chi connectivity index (χ2n) is 9.27. The zero-order chi connectivity index (χ0) is 24.3. The Bertz CT molecular complexity index is 1150. The Labute approximate surface area is 193 Å². The first kappa shape index (κ1) is 22.7. The van der Waals surface area contributed by atoms with Crippen LogP contribution in [0.5, 0.6) is 0 Å². The third-order valence-electron chi connectivity index (χ3n) is 7.07. The number of nitrogens with zero attached hydrogens (tertiary/aromatic N) is 4. The molecule has 0 radical (unpaired) electrons. The third kappa shape index (κ3) is 3.70. The molecule has 0 atom stereocenters. The van der Waals surface area contributed by atoms with Gasteiger partial charge in [0.25, 0.3) is 0 Å². The predicted octanol–water partition coefficient (Wildman–Crippen LogP) is 4.02. The number of aryl methyl sites for hydroxylation is 1. The van der Waals surface area contributed by atoms with Crippen molar-refractivity contribution >= 4 is 17.7 Å². The fraction of sp³-hybridized carbons (Fsp3) is 0.522. The van der Waals surface area contributed by atoms with Gasteiger partial charge < -0.3 is 19.5 Å². The summed E-state index contributed by atoms with van der Waals surface area (Å²) in [6, 6.07) is 4.02. The summed E-state index contributed by atoms with van der Waals surface area (Å²) >= 11 is 0. The molecule has 34 heavy (non-hydrogen) atoms. The molecule has 5 rings (SSSR count). The number of carbonyl (C=O) groups is 2. The van der Waals surface area contributed by atoms with E-state index in [1.54, 1.807) is 4.57 Å². The van der Waals surface area contributed by atoms with Crippen LogP contribution in [-0.2, 0) is 36.1 Å². The monoisotopic (exact) mass is 480 g/mol. The Morgan fingerprint density at radius 3 is 2.62 bits per heavy atom. The van der Waals surface area contributed by atoms with Crippen LogP contribution in [0.1, 0.15) is 48.5 Å². The van der Waals surface area contributed by atoms with Crippen molar-refractivity contribution in [3.05, 3.63) is 46.8 Å². The maximum atomic E-state index is 14.2. The van der Waals surface area contributed by atoms with Crippen LogP contribution in [-0.4, -0.2) is 50.8 Å². The first-order valence-electron chi connectivity index (χ1n) is 11.3. The summed E-state index contributed by atoms with van der Waals surface area (Å²) in [6.07, 6.45) is -3.10. The van der Waals surface area contributed by atoms with Crippen molar-refractivity contribution in [2.75, 3.05) is 18.0 Å². The summed E-state index contributed by atoms with van der Waals surface area (Å²) in [5, 5.41) is 9.27. The Kier molecular flexibility index (Phi) is 5.33. The van der Waals surface area contributed by atoms with E-state index in [9.17, 15) is 32.3 Å². The number of halogens is 4. The zero-order valence-electron chi connectivity index (χ0n) is 18.4. The van der Waals surface area contributed by atoms with Crippen molar-refractivity contribution in [2.24, 2.45) is 0 Å². The number of amides is 2. The number of anilines is 1. The molecule has 0 saturated carbocycles. The summed E-state index contributed by atoms with van der Waals surface area (Å²) in [7, 11) is 0. The summed E-state index contributed by atoms with van der Waals surface area (Å²) in [4.78, 5) is 32.1. The van der Waals surface area contributed by atoms with Gasteiger partial charge in [-0.15, -0.1) is 0 Å². The molecule has 1 saturated heterocycles. The Morgan fingerprint density at radius 2 is 1.91 bits per heavy atom. The first-order valence-corrected chi connectivity index (χ1v) is 11.3. The maximum Gasteiger partial charge on any atom is 0.407 e. The fourth-order valence-electron chi connectivity index (χ4n) is 5.44. The predicted molar refractivity (Wildman–Crippen MR) is 113 cm³/mol. The van der Waals surface area contributed by atoms with E-state index in [-0.39, 0.29) is 38.5 Å². The Balaban J connectivity index is 1.47. The van der Waals surface area contributed by atoms with Gasteiger partial charge in [0.2, 0.25) is 5.91 Å². The van der Waals surface area contributed by atoms with E-state index in [1.165, 1.54) is 23.1 Å². The van der Waals surface area contributed by atoms with Crippen LogP contribution in [0.2, 0.25) is 0 Å². The molecular weight excluding hydrogens is 456 g/mol. The quantitative estimate of drug-likeness (QED) is 0.656. The number of carboxylic acid groups (broad SMARTS) is 1. The van der Waals surface area contributed by atoms with Gasteiger partial charge in [0.1, 0.15) is 17.1 Å². The molecule has 2 aliphatic heterocycles. The number of aromatic nitrogens is 2. The highest BCUT2D eigenvalue weighted by Gasteiger charge is 2.59. The standard InChI is InChI=1S/C23H24F4N4O3/c24-14-6-7-15-18(10-14)31(20(32)22(15)12-29(13-22)21(33)34)11-19-28-16-4-1-2-5-17(16)30(19)9-3-8-23(25,26)27/h6-7,10H,1-5,8-9,11-13H2,(H,33,34). The van der Waals surface area contributed by atoms with Gasteiger partial charge in [-0.25, -0.2) is 14.2 Å². The SMILES string of the molecule is O=C(O)N1CC2(C1)C(=O)N(Cc1nc3c(n1CCCC(F)(F)F)CCCC3)c1cc(F)ccc12. The van der Waals surface area contributed by atoms with E-state index < -0.39 is 29.9 Å². The number of alkyl halides is 3. The number of likely N-dealkylation sites (tertiary alicyclic amines) is 1. The first-order chi connectivity index (χ1) is 16.1.